The summed E-state index contributed by atoms with van der Waals surface area (Å²) in [6.07, 6.45) is 0.620. The molecule has 2 heterocycles. The molecule has 0 fully saturated rings. The predicted octanol–water partition coefficient (Wildman–Crippen LogP) is 2.97. The molecule has 4 rings (SSSR count). The van der Waals surface area contributed by atoms with Crippen molar-refractivity contribution in [3.05, 3.63) is 96.1 Å². The third kappa shape index (κ3) is 4.42. The smallest absolute Gasteiger partial charge is 0.355 e. The van der Waals surface area contributed by atoms with Gasteiger partial charge in [0.1, 0.15) is 17.6 Å². The number of pyridine rings is 1. The number of rotatable bonds is 6. The van der Waals surface area contributed by atoms with Crippen molar-refractivity contribution in [1.29, 1.82) is 0 Å². The standard InChI is InChI=1S/C23H19FN4O3/c24-16-8-6-7-15(13-16)21(18-11-4-5-12-26-18)31-23(30)19-14-20(22(25)29)28(27-19)17-9-2-1-3-10-17/h1-13,20-21H,14H2,(H2,25,29). The summed E-state index contributed by atoms with van der Waals surface area (Å²) >= 11 is 0. The number of ether oxygens (including phenoxy) is 1. The number of halogens is 1. The number of hydrogen-bond donors (Lipinski definition) is 1. The van der Waals surface area contributed by atoms with E-state index in [4.69, 9.17) is 10.5 Å². The number of nitrogens with zero attached hydrogens (tertiary/aromatic N) is 3. The SMILES string of the molecule is NC(=O)C1CC(C(=O)OC(c2cccc(F)c2)c2ccccn2)=NN1c1ccccc1. The molecule has 2 aromatic carbocycles. The number of hydrogen-bond acceptors (Lipinski definition) is 6. The second-order valence-electron chi connectivity index (χ2n) is 6.94. The molecule has 1 amide bonds. The highest BCUT2D eigenvalue weighted by Gasteiger charge is 2.36. The van der Waals surface area contributed by atoms with E-state index in [1.165, 1.54) is 23.2 Å². The van der Waals surface area contributed by atoms with Gasteiger partial charge in [-0.15, -0.1) is 0 Å². The van der Waals surface area contributed by atoms with E-state index in [9.17, 15) is 14.0 Å². The number of hydrazone groups is 1. The lowest BCUT2D eigenvalue weighted by atomic mass is 10.1. The van der Waals surface area contributed by atoms with Gasteiger partial charge in [0.2, 0.25) is 5.91 Å². The highest BCUT2D eigenvalue weighted by atomic mass is 19.1. The minimum Gasteiger partial charge on any atom is -0.446 e. The molecule has 0 radical (unpaired) electrons. The van der Waals surface area contributed by atoms with Crippen molar-refractivity contribution in [2.45, 2.75) is 18.6 Å². The Morgan fingerprint density at radius 3 is 2.52 bits per heavy atom. The van der Waals surface area contributed by atoms with Gasteiger partial charge < -0.3 is 10.5 Å². The van der Waals surface area contributed by atoms with Crippen LogP contribution in [0.2, 0.25) is 0 Å². The maximum atomic E-state index is 13.8. The Morgan fingerprint density at radius 1 is 1.06 bits per heavy atom. The molecule has 2 unspecified atom stereocenters. The van der Waals surface area contributed by atoms with Crippen molar-refractivity contribution in [3.8, 4) is 0 Å². The van der Waals surface area contributed by atoms with Crippen LogP contribution in [0, 0.1) is 5.82 Å². The molecule has 1 aliphatic rings. The molecule has 8 heteroatoms. The van der Waals surface area contributed by atoms with E-state index in [1.807, 2.05) is 6.07 Å². The summed E-state index contributed by atoms with van der Waals surface area (Å²) in [4.78, 5) is 29.2. The molecule has 2 atom stereocenters. The topological polar surface area (TPSA) is 97.9 Å². The molecule has 0 saturated heterocycles. The van der Waals surface area contributed by atoms with Crippen LogP contribution >= 0.6 is 0 Å². The summed E-state index contributed by atoms with van der Waals surface area (Å²) < 4.78 is 19.5. The van der Waals surface area contributed by atoms with Crippen LogP contribution in [-0.2, 0) is 14.3 Å². The van der Waals surface area contributed by atoms with E-state index in [2.05, 4.69) is 10.1 Å². The Hall–Kier alpha value is -4.07. The third-order valence-corrected chi connectivity index (χ3v) is 4.83. The number of amides is 1. The van der Waals surface area contributed by atoms with Crippen molar-refractivity contribution in [2.75, 3.05) is 5.01 Å². The lowest BCUT2D eigenvalue weighted by Gasteiger charge is -2.20. The minimum atomic E-state index is -0.940. The van der Waals surface area contributed by atoms with Crippen LogP contribution in [0.4, 0.5) is 10.1 Å². The van der Waals surface area contributed by atoms with Gasteiger partial charge in [-0.3, -0.25) is 14.8 Å². The first-order valence-corrected chi connectivity index (χ1v) is 9.61. The van der Waals surface area contributed by atoms with E-state index in [-0.39, 0.29) is 12.1 Å². The Bertz CT molecular complexity index is 1120. The Kier molecular flexibility index (Phi) is 5.70. The molecular weight excluding hydrogens is 399 g/mol. The summed E-state index contributed by atoms with van der Waals surface area (Å²) in [6, 6.07) is 19.0. The quantitative estimate of drug-likeness (QED) is 0.621. The van der Waals surface area contributed by atoms with Crippen molar-refractivity contribution < 1.29 is 18.7 Å². The van der Waals surface area contributed by atoms with Crippen LogP contribution in [0.5, 0.6) is 0 Å². The Morgan fingerprint density at radius 2 is 1.84 bits per heavy atom. The number of carbonyl (C=O) groups is 2. The summed E-state index contributed by atoms with van der Waals surface area (Å²) in [5, 5.41) is 5.71. The average Bonchev–Trinajstić information content (AvgIpc) is 3.25. The van der Waals surface area contributed by atoms with Gasteiger partial charge in [0.05, 0.1) is 11.4 Å². The molecular formula is C23H19FN4O3. The molecule has 7 nitrogen and oxygen atoms in total. The molecule has 0 spiro atoms. The van der Waals surface area contributed by atoms with Crippen LogP contribution in [0.15, 0.2) is 84.1 Å². The number of benzene rings is 2. The second-order valence-corrected chi connectivity index (χ2v) is 6.94. The fraction of sp³-hybridized carbons (Fsp3) is 0.130. The summed E-state index contributed by atoms with van der Waals surface area (Å²) in [7, 11) is 0. The zero-order valence-corrected chi connectivity index (χ0v) is 16.4. The molecule has 0 saturated carbocycles. The van der Waals surface area contributed by atoms with Gasteiger partial charge in [-0.25, -0.2) is 9.18 Å². The first kappa shape index (κ1) is 20.2. The molecule has 2 N–H and O–H groups in total. The van der Waals surface area contributed by atoms with E-state index in [1.54, 1.807) is 54.7 Å². The van der Waals surface area contributed by atoms with Gasteiger partial charge in [-0.2, -0.15) is 5.10 Å². The monoisotopic (exact) mass is 418 g/mol. The predicted molar refractivity (Wildman–Crippen MR) is 113 cm³/mol. The van der Waals surface area contributed by atoms with Crippen molar-refractivity contribution in [2.24, 2.45) is 10.8 Å². The second kappa shape index (κ2) is 8.74. The van der Waals surface area contributed by atoms with Gasteiger partial charge in [0.25, 0.3) is 0 Å². The number of carbonyl (C=O) groups excluding carboxylic acids is 2. The number of esters is 1. The highest BCUT2D eigenvalue weighted by molar-refractivity contribution is 6.38. The van der Waals surface area contributed by atoms with E-state index in [0.29, 0.717) is 16.9 Å². The molecule has 0 bridgehead atoms. The Labute approximate surface area is 178 Å². The zero-order valence-electron chi connectivity index (χ0n) is 16.4. The van der Waals surface area contributed by atoms with Gasteiger partial charge in [0.15, 0.2) is 6.10 Å². The van der Waals surface area contributed by atoms with Crippen molar-refractivity contribution >= 4 is 23.3 Å². The summed E-state index contributed by atoms with van der Waals surface area (Å²) in [5.41, 5.74) is 7.07. The van der Waals surface area contributed by atoms with Crippen molar-refractivity contribution in [1.82, 2.24) is 4.98 Å². The van der Waals surface area contributed by atoms with E-state index >= 15 is 0 Å². The number of para-hydroxylation sites is 1. The molecule has 1 aromatic heterocycles. The number of primary amides is 1. The molecule has 31 heavy (non-hydrogen) atoms. The van der Waals surface area contributed by atoms with Crippen LogP contribution in [0.25, 0.3) is 0 Å². The Balaban J connectivity index is 1.63. The molecule has 1 aliphatic heterocycles. The van der Waals surface area contributed by atoms with Gasteiger partial charge >= 0.3 is 5.97 Å². The first-order chi connectivity index (χ1) is 15.0. The van der Waals surface area contributed by atoms with Gasteiger partial charge in [-0.05, 0) is 36.4 Å². The van der Waals surface area contributed by atoms with Gasteiger partial charge in [-0.1, -0.05) is 36.4 Å². The van der Waals surface area contributed by atoms with Crippen LogP contribution in [-0.4, -0.2) is 28.6 Å². The fourth-order valence-corrected chi connectivity index (χ4v) is 3.35. The van der Waals surface area contributed by atoms with Crippen molar-refractivity contribution in [3.63, 3.8) is 0 Å². The number of anilines is 1. The first-order valence-electron chi connectivity index (χ1n) is 9.61. The highest BCUT2D eigenvalue weighted by Crippen LogP contribution is 2.28. The fourth-order valence-electron chi connectivity index (χ4n) is 3.35. The lowest BCUT2D eigenvalue weighted by molar-refractivity contribution is -0.139. The zero-order chi connectivity index (χ0) is 21.8. The molecule has 3 aromatic rings. The van der Waals surface area contributed by atoms with Crippen LogP contribution in [0.1, 0.15) is 23.8 Å². The molecule has 0 aliphatic carbocycles. The third-order valence-electron chi connectivity index (χ3n) is 4.83. The van der Waals surface area contributed by atoms with Crippen LogP contribution < -0.4 is 10.7 Å². The largest absolute Gasteiger partial charge is 0.446 e. The normalized spacial score (nSPS) is 16.5. The minimum absolute atomic E-state index is 0.00114. The van der Waals surface area contributed by atoms with Gasteiger partial charge in [0, 0.05) is 18.2 Å². The molecule has 156 valence electrons. The lowest BCUT2D eigenvalue weighted by Crippen LogP contribution is -2.39. The number of aromatic nitrogens is 1. The maximum absolute atomic E-state index is 13.8. The summed E-state index contributed by atoms with van der Waals surface area (Å²) in [5.74, 6) is -1.80. The van der Waals surface area contributed by atoms with Crippen LogP contribution in [0.3, 0.4) is 0 Å². The number of nitrogens with two attached hydrogens (primary N) is 1. The summed E-state index contributed by atoms with van der Waals surface area (Å²) in [6.45, 7) is 0. The average molecular weight is 418 g/mol. The van der Waals surface area contributed by atoms with E-state index < -0.39 is 29.8 Å². The maximum Gasteiger partial charge on any atom is 0.355 e. The van der Waals surface area contributed by atoms with E-state index in [0.717, 1.165) is 0 Å².